The van der Waals surface area contributed by atoms with Crippen LogP contribution in [-0.2, 0) is 18.0 Å². The van der Waals surface area contributed by atoms with Crippen molar-refractivity contribution in [2.75, 3.05) is 0 Å². The maximum atomic E-state index is 8.29. The zero-order chi connectivity index (χ0) is 30.8. The minimum absolute atomic E-state index is 0.750. The first kappa shape index (κ1) is 30.4. The summed E-state index contributed by atoms with van der Waals surface area (Å²) in [4.78, 5) is 19.0. The van der Waals surface area contributed by atoms with Gasteiger partial charge in [-0.05, 0) is 122 Å². The standard InChI is InChI=1S/C18H18N2S.C17H16N2S.O2S/c1-3-12-9-14(13-5-6-13)10-19-17(12)18-20-15-8-11(2)4-7-16(15)21-18;1-10-3-6-15-14(7-10)19-17(20-15)16-11(2)8-13(9-18-16)12-4-5-12;1-3-2/h4,7-10,13H,3,5-6H2,1-2H3;3,6-9,12H,4-5H2,1-2H3;. The highest BCUT2D eigenvalue weighted by molar-refractivity contribution is 7.51. The molecule has 8 rings (SSSR count). The van der Waals surface area contributed by atoms with Crippen LogP contribution in [0.3, 0.4) is 0 Å². The molecule has 2 aromatic carbocycles. The van der Waals surface area contributed by atoms with Crippen LogP contribution in [0.1, 0.15) is 77.8 Å². The molecule has 0 atom stereocenters. The monoisotopic (exact) mass is 638 g/mol. The van der Waals surface area contributed by atoms with Crippen molar-refractivity contribution in [1.82, 2.24) is 19.9 Å². The second kappa shape index (κ2) is 13.1. The predicted molar refractivity (Wildman–Crippen MR) is 182 cm³/mol. The summed E-state index contributed by atoms with van der Waals surface area (Å²) in [6.45, 7) is 8.56. The quantitative estimate of drug-likeness (QED) is 0.187. The number of hydrogen-bond donors (Lipinski definition) is 0. The average molecular weight is 639 g/mol. The lowest BCUT2D eigenvalue weighted by Gasteiger charge is -2.06. The van der Waals surface area contributed by atoms with Crippen LogP contribution in [0.2, 0.25) is 0 Å². The molecule has 6 nitrogen and oxygen atoms in total. The number of rotatable bonds is 5. The number of pyridine rings is 2. The SMILES string of the molecule is CCc1cc(C2CC2)cnc1-c1nc2cc(C)ccc2s1.Cc1ccc2sc(-c3ncc(C4CC4)cc3C)nc2c1.O=S=O. The second-order valence-corrected chi connectivity index (χ2v) is 13.9. The molecule has 0 bridgehead atoms. The summed E-state index contributed by atoms with van der Waals surface area (Å²) in [5, 5.41) is 2.08. The normalized spacial score (nSPS) is 14.1. The lowest BCUT2D eigenvalue weighted by atomic mass is 10.1. The fourth-order valence-corrected chi connectivity index (χ4v) is 7.35. The van der Waals surface area contributed by atoms with E-state index in [9.17, 15) is 0 Å². The molecule has 9 heteroatoms. The number of aromatic nitrogens is 4. The van der Waals surface area contributed by atoms with E-state index in [-0.39, 0.29) is 0 Å². The van der Waals surface area contributed by atoms with Gasteiger partial charge < -0.3 is 0 Å². The van der Waals surface area contributed by atoms with Crippen LogP contribution in [0.25, 0.3) is 41.8 Å². The molecule has 44 heavy (non-hydrogen) atoms. The van der Waals surface area contributed by atoms with Gasteiger partial charge in [0, 0.05) is 12.4 Å². The van der Waals surface area contributed by atoms with Crippen molar-refractivity contribution < 1.29 is 8.42 Å². The summed E-state index contributed by atoms with van der Waals surface area (Å²) < 4.78 is 19.1. The molecule has 0 saturated heterocycles. The van der Waals surface area contributed by atoms with E-state index in [0.29, 0.717) is 0 Å². The summed E-state index contributed by atoms with van der Waals surface area (Å²) >= 11 is 2.72. The molecule has 2 aliphatic rings. The molecule has 2 saturated carbocycles. The zero-order valence-corrected chi connectivity index (χ0v) is 27.7. The van der Waals surface area contributed by atoms with E-state index >= 15 is 0 Å². The van der Waals surface area contributed by atoms with E-state index in [1.54, 1.807) is 22.7 Å². The third-order valence-corrected chi connectivity index (χ3v) is 10.1. The highest BCUT2D eigenvalue weighted by atomic mass is 32.1. The Morgan fingerprint density at radius 3 is 1.66 bits per heavy atom. The van der Waals surface area contributed by atoms with E-state index < -0.39 is 11.6 Å². The largest absolute Gasteiger partial charge is 0.335 e. The van der Waals surface area contributed by atoms with Gasteiger partial charge >= 0.3 is 11.6 Å². The molecule has 0 N–H and O–H groups in total. The second-order valence-electron chi connectivity index (χ2n) is 11.7. The number of fused-ring (bicyclic) bond motifs is 2. The fourth-order valence-electron chi connectivity index (χ4n) is 5.37. The maximum absolute atomic E-state index is 8.29. The molecule has 0 unspecified atom stereocenters. The van der Waals surface area contributed by atoms with Gasteiger partial charge in [-0.2, -0.15) is 8.42 Å². The lowest BCUT2D eigenvalue weighted by molar-refractivity contribution is 0.630. The number of aryl methyl sites for hydroxylation is 4. The van der Waals surface area contributed by atoms with E-state index in [1.165, 1.54) is 68.5 Å². The molecular formula is C35H34N4O2S3. The molecule has 4 heterocycles. The topological polar surface area (TPSA) is 85.7 Å². The van der Waals surface area contributed by atoms with Gasteiger partial charge in [-0.25, -0.2) is 9.97 Å². The van der Waals surface area contributed by atoms with Crippen molar-refractivity contribution in [1.29, 1.82) is 0 Å². The van der Waals surface area contributed by atoms with Gasteiger partial charge in [0.05, 0.1) is 20.4 Å². The van der Waals surface area contributed by atoms with Gasteiger partial charge in [0.1, 0.15) is 21.4 Å². The Morgan fingerprint density at radius 1 is 0.705 bits per heavy atom. The molecule has 0 aliphatic heterocycles. The third-order valence-electron chi connectivity index (χ3n) is 8.06. The first-order chi connectivity index (χ1) is 21.4. The minimum atomic E-state index is -0.750. The van der Waals surface area contributed by atoms with Gasteiger partial charge in [-0.1, -0.05) is 31.2 Å². The number of thiazole rings is 2. The Bertz CT molecular complexity index is 2000. The fraction of sp³-hybridized carbons (Fsp3) is 0.314. The van der Waals surface area contributed by atoms with Crippen LogP contribution in [0.4, 0.5) is 0 Å². The van der Waals surface area contributed by atoms with Crippen molar-refractivity contribution in [3.05, 3.63) is 94.3 Å². The zero-order valence-electron chi connectivity index (χ0n) is 25.3. The van der Waals surface area contributed by atoms with Gasteiger partial charge in [-0.15, -0.1) is 22.7 Å². The smallest absolute Gasteiger partial charge is 0.253 e. The van der Waals surface area contributed by atoms with Crippen molar-refractivity contribution in [3.8, 4) is 21.4 Å². The van der Waals surface area contributed by atoms with E-state index in [2.05, 4.69) is 87.4 Å². The van der Waals surface area contributed by atoms with Crippen LogP contribution in [0.5, 0.6) is 0 Å². The van der Waals surface area contributed by atoms with Crippen molar-refractivity contribution in [2.45, 2.75) is 71.6 Å². The summed E-state index contributed by atoms with van der Waals surface area (Å²) in [5.41, 5.74) is 12.2. The van der Waals surface area contributed by atoms with Crippen molar-refractivity contribution in [2.24, 2.45) is 0 Å². The molecule has 0 spiro atoms. The Balaban J connectivity index is 0.000000144. The summed E-state index contributed by atoms with van der Waals surface area (Å²) in [7, 11) is 0. The molecule has 2 aliphatic carbocycles. The Morgan fingerprint density at radius 2 is 1.18 bits per heavy atom. The molecular weight excluding hydrogens is 605 g/mol. The maximum Gasteiger partial charge on any atom is 0.335 e. The van der Waals surface area contributed by atoms with Crippen LogP contribution in [-0.4, -0.2) is 28.4 Å². The first-order valence-electron chi connectivity index (χ1n) is 15.0. The molecule has 0 radical (unpaired) electrons. The van der Waals surface area contributed by atoms with Crippen LogP contribution < -0.4 is 0 Å². The lowest BCUT2D eigenvalue weighted by Crippen LogP contribution is -1.94. The van der Waals surface area contributed by atoms with Gasteiger partial charge in [-0.3, -0.25) is 9.97 Å². The van der Waals surface area contributed by atoms with Gasteiger partial charge in [0.2, 0.25) is 0 Å². The number of benzene rings is 2. The number of nitrogens with zero attached hydrogens (tertiary/aromatic N) is 4. The van der Waals surface area contributed by atoms with E-state index in [1.807, 2.05) is 6.20 Å². The number of hydrogen-bond acceptors (Lipinski definition) is 8. The van der Waals surface area contributed by atoms with E-state index in [0.717, 1.165) is 50.7 Å². The van der Waals surface area contributed by atoms with Gasteiger partial charge in [0.15, 0.2) is 0 Å². The summed E-state index contributed by atoms with van der Waals surface area (Å²) in [6, 6.07) is 17.5. The minimum Gasteiger partial charge on any atom is -0.253 e. The molecule has 2 fully saturated rings. The third kappa shape index (κ3) is 6.85. The Labute approximate surface area is 269 Å². The molecule has 0 amide bonds. The molecule has 224 valence electrons. The highest BCUT2D eigenvalue weighted by Gasteiger charge is 2.26. The van der Waals surface area contributed by atoms with Crippen LogP contribution in [0.15, 0.2) is 60.9 Å². The van der Waals surface area contributed by atoms with Crippen molar-refractivity contribution >= 4 is 54.7 Å². The van der Waals surface area contributed by atoms with Crippen LogP contribution in [0, 0.1) is 20.8 Å². The predicted octanol–water partition coefficient (Wildman–Crippen LogP) is 9.29. The van der Waals surface area contributed by atoms with Crippen LogP contribution >= 0.6 is 22.7 Å². The summed E-state index contributed by atoms with van der Waals surface area (Å²) in [6.07, 6.45) is 10.4. The Hall–Kier alpha value is -3.66. The van der Waals surface area contributed by atoms with E-state index in [4.69, 9.17) is 23.4 Å². The first-order valence-corrected chi connectivity index (χ1v) is 17.3. The Kier molecular flexibility index (Phi) is 9.07. The van der Waals surface area contributed by atoms with Crippen molar-refractivity contribution in [3.63, 3.8) is 0 Å². The average Bonchev–Trinajstić information content (AvgIpc) is 3.95. The van der Waals surface area contributed by atoms with Gasteiger partial charge in [0.25, 0.3) is 0 Å². The summed E-state index contributed by atoms with van der Waals surface area (Å²) in [5.74, 6) is 1.52. The molecule has 4 aromatic heterocycles. The molecule has 6 aromatic rings. The highest BCUT2D eigenvalue weighted by Crippen LogP contribution is 2.42.